The summed E-state index contributed by atoms with van der Waals surface area (Å²) >= 11 is 0. The van der Waals surface area contributed by atoms with Gasteiger partial charge in [0.25, 0.3) is 0 Å². The number of ether oxygens (including phenoxy) is 1. The third-order valence-electron chi connectivity index (χ3n) is 2.14. The maximum atomic E-state index is 9.14. The topological polar surface area (TPSA) is 46.1 Å². The predicted octanol–water partition coefficient (Wildman–Crippen LogP) is 0.530. The molecule has 0 spiro atoms. The fourth-order valence-electron chi connectivity index (χ4n) is 1.45. The Morgan fingerprint density at radius 2 is 2.13 bits per heavy atom. The van der Waals surface area contributed by atoms with Gasteiger partial charge in [-0.2, -0.15) is 0 Å². The minimum atomic E-state index is -0.260. The van der Waals surface area contributed by atoms with Crippen LogP contribution in [0.2, 0.25) is 0 Å². The first-order chi connectivity index (χ1) is 7.24. The van der Waals surface area contributed by atoms with E-state index < -0.39 is 0 Å². The molecule has 0 fully saturated rings. The normalized spacial score (nSPS) is 12.5. The van der Waals surface area contributed by atoms with Gasteiger partial charge in [-0.05, 0) is 26.0 Å². The highest BCUT2D eigenvalue weighted by Gasteiger charge is 2.04. The van der Waals surface area contributed by atoms with Crippen LogP contribution in [-0.4, -0.2) is 24.4 Å². The highest BCUT2D eigenvalue weighted by Crippen LogP contribution is 2.16. The number of benzene rings is 1. The summed E-state index contributed by atoms with van der Waals surface area (Å²) in [5.41, 5.74) is 1.18. The fourth-order valence-corrected chi connectivity index (χ4v) is 1.45. The van der Waals surface area contributed by atoms with Gasteiger partial charge in [0.1, 0.15) is 18.8 Å². The minimum Gasteiger partial charge on any atom is -0.493 e. The van der Waals surface area contributed by atoms with E-state index in [0.29, 0.717) is 6.61 Å². The second-order valence-electron chi connectivity index (χ2n) is 3.62. The lowest BCUT2D eigenvalue weighted by atomic mass is 10.2. The molecule has 1 aromatic carbocycles. The summed E-state index contributed by atoms with van der Waals surface area (Å²) in [6.07, 6.45) is -0.260. The summed E-state index contributed by atoms with van der Waals surface area (Å²) in [6.45, 7) is 6.04. The van der Waals surface area contributed by atoms with Crippen molar-refractivity contribution in [3.8, 4) is 5.75 Å². The van der Waals surface area contributed by atoms with Gasteiger partial charge in [0.05, 0.1) is 12.7 Å². The molecule has 0 bridgehead atoms. The molecule has 1 atom stereocenters. The average molecular weight is 210 g/mol. The highest BCUT2D eigenvalue weighted by atomic mass is 16.5. The third-order valence-corrected chi connectivity index (χ3v) is 2.14. The standard InChI is InChI=1S/C12H19NO2/c1-3-15-12-7-5-4-6-11(12)9-13-8-10(2)14/h4-7,10,13-14H,3,8-9H2,1-2H3/p+1/t10-/m1/s1. The van der Waals surface area contributed by atoms with Crippen LogP contribution in [0.3, 0.4) is 0 Å². The van der Waals surface area contributed by atoms with Crippen LogP contribution in [0.1, 0.15) is 19.4 Å². The second-order valence-corrected chi connectivity index (χ2v) is 3.62. The molecular weight excluding hydrogens is 190 g/mol. The number of aliphatic hydroxyl groups is 1. The number of hydrogen-bond acceptors (Lipinski definition) is 2. The van der Waals surface area contributed by atoms with Crippen LogP contribution in [0, 0.1) is 0 Å². The van der Waals surface area contributed by atoms with Gasteiger partial charge in [-0.1, -0.05) is 12.1 Å². The second kappa shape index (κ2) is 6.43. The Bertz CT molecular complexity index is 287. The van der Waals surface area contributed by atoms with Gasteiger partial charge in [0.15, 0.2) is 0 Å². The van der Waals surface area contributed by atoms with Gasteiger partial charge < -0.3 is 15.2 Å². The molecular formula is C12H20NO2+. The molecule has 3 nitrogen and oxygen atoms in total. The predicted molar refractivity (Wildman–Crippen MR) is 59.8 cm³/mol. The van der Waals surface area contributed by atoms with Gasteiger partial charge in [0.2, 0.25) is 0 Å². The van der Waals surface area contributed by atoms with Crippen LogP contribution in [0.4, 0.5) is 0 Å². The molecule has 0 heterocycles. The first-order valence-corrected chi connectivity index (χ1v) is 5.44. The monoisotopic (exact) mass is 210 g/mol. The Balaban J connectivity index is 2.51. The summed E-state index contributed by atoms with van der Waals surface area (Å²) in [6, 6.07) is 8.02. The maximum Gasteiger partial charge on any atom is 0.128 e. The molecule has 0 saturated heterocycles. The van der Waals surface area contributed by atoms with Gasteiger partial charge in [-0.15, -0.1) is 0 Å². The van der Waals surface area contributed by atoms with Crippen LogP contribution in [0.15, 0.2) is 24.3 Å². The van der Waals surface area contributed by atoms with Crippen molar-refractivity contribution in [3.05, 3.63) is 29.8 Å². The van der Waals surface area contributed by atoms with E-state index >= 15 is 0 Å². The van der Waals surface area contributed by atoms with Crippen molar-refractivity contribution in [2.24, 2.45) is 0 Å². The third kappa shape index (κ3) is 4.32. The van der Waals surface area contributed by atoms with Crippen LogP contribution in [0.5, 0.6) is 5.75 Å². The molecule has 0 aliphatic rings. The Labute approximate surface area is 91.1 Å². The van der Waals surface area contributed by atoms with Crippen molar-refractivity contribution < 1.29 is 15.2 Å². The summed E-state index contributed by atoms with van der Waals surface area (Å²) < 4.78 is 5.51. The Hall–Kier alpha value is -1.06. The molecule has 1 rings (SSSR count). The SMILES string of the molecule is CCOc1ccccc1C[NH2+]C[C@@H](C)O. The molecule has 0 amide bonds. The quantitative estimate of drug-likeness (QED) is 0.719. The van der Waals surface area contributed by atoms with E-state index in [1.165, 1.54) is 5.56 Å². The fraction of sp³-hybridized carbons (Fsp3) is 0.500. The molecule has 1 aromatic rings. The van der Waals surface area contributed by atoms with E-state index in [9.17, 15) is 0 Å². The summed E-state index contributed by atoms with van der Waals surface area (Å²) in [5, 5.41) is 11.2. The molecule has 0 unspecified atom stereocenters. The van der Waals surface area contributed by atoms with E-state index in [-0.39, 0.29) is 6.10 Å². The Kier molecular flexibility index (Phi) is 5.15. The molecule has 15 heavy (non-hydrogen) atoms. The molecule has 0 aliphatic heterocycles. The smallest absolute Gasteiger partial charge is 0.128 e. The summed E-state index contributed by atoms with van der Waals surface area (Å²) in [4.78, 5) is 0. The van der Waals surface area contributed by atoms with Crippen LogP contribution in [-0.2, 0) is 6.54 Å². The van der Waals surface area contributed by atoms with Crippen molar-refractivity contribution in [2.75, 3.05) is 13.2 Å². The summed E-state index contributed by atoms with van der Waals surface area (Å²) in [7, 11) is 0. The summed E-state index contributed by atoms with van der Waals surface area (Å²) in [5.74, 6) is 0.946. The Morgan fingerprint density at radius 1 is 1.40 bits per heavy atom. The zero-order valence-corrected chi connectivity index (χ0v) is 9.44. The van der Waals surface area contributed by atoms with E-state index in [1.54, 1.807) is 6.92 Å². The molecule has 0 aliphatic carbocycles. The van der Waals surface area contributed by atoms with Crippen LogP contribution in [0.25, 0.3) is 0 Å². The van der Waals surface area contributed by atoms with Crippen molar-refractivity contribution in [2.45, 2.75) is 26.5 Å². The maximum absolute atomic E-state index is 9.14. The van der Waals surface area contributed by atoms with Gasteiger partial charge >= 0.3 is 0 Å². The van der Waals surface area contributed by atoms with Gasteiger partial charge in [-0.3, -0.25) is 0 Å². The number of rotatable bonds is 6. The van der Waals surface area contributed by atoms with Crippen molar-refractivity contribution >= 4 is 0 Å². The number of quaternary nitrogens is 1. The van der Waals surface area contributed by atoms with E-state index in [4.69, 9.17) is 9.84 Å². The lowest BCUT2D eigenvalue weighted by molar-refractivity contribution is -0.676. The van der Waals surface area contributed by atoms with E-state index in [0.717, 1.165) is 18.8 Å². The van der Waals surface area contributed by atoms with Gasteiger partial charge in [-0.25, -0.2) is 0 Å². The number of para-hydroxylation sites is 1. The largest absolute Gasteiger partial charge is 0.493 e. The molecule has 0 aromatic heterocycles. The number of hydrogen-bond donors (Lipinski definition) is 2. The number of nitrogens with two attached hydrogens (primary N) is 1. The molecule has 0 radical (unpaired) electrons. The molecule has 0 saturated carbocycles. The van der Waals surface area contributed by atoms with Gasteiger partial charge in [0, 0.05) is 5.56 Å². The van der Waals surface area contributed by atoms with Crippen LogP contribution >= 0.6 is 0 Å². The number of aliphatic hydroxyl groups excluding tert-OH is 1. The first kappa shape index (κ1) is 12.0. The lowest BCUT2D eigenvalue weighted by Gasteiger charge is -2.09. The zero-order valence-electron chi connectivity index (χ0n) is 9.44. The van der Waals surface area contributed by atoms with Crippen molar-refractivity contribution in [1.82, 2.24) is 0 Å². The first-order valence-electron chi connectivity index (χ1n) is 5.44. The van der Waals surface area contributed by atoms with Crippen LogP contribution < -0.4 is 10.1 Å². The minimum absolute atomic E-state index is 0.260. The molecule has 3 N–H and O–H groups in total. The van der Waals surface area contributed by atoms with E-state index in [1.807, 2.05) is 25.1 Å². The molecule has 84 valence electrons. The lowest BCUT2D eigenvalue weighted by Crippen LogP contribution is -2.84. The Morgan fingerprint density at radius 3 is 2.80 bits per heavy atom. The van der Waals surface area contributed by atoms with Crippen molar-refractivity contribution in [1.29, 1.82) is 0 Å². The zero-order chi connectivity index (χ0) is 11.1. The highest BCUT2D eigenvalue weighted by molar-refractivity contribution is 5.32. The van der Waals surface area contributed by atoms with E-state index in [2.05, 4.69) is 11.4 Å². The molecule has 3 heteroatoms. The average Bonchev–Trinajstić information content (AvgIpc) is 2.20. The van der Waals surface area contributed by atoms with Crippen molar-refractivity contribution in [3.63, 3.8) is 0 Å².